The van der Waals surface area contributed by atoms with E-state index in [1.165, 1.54) is 30.6 Å². The average Bonchev–Trinajstić information content (AvgIpc) is 3.23. The van der Waals surface area contributed by atoms with Gasteiger partial charge < -0.3 is 15.1 Å². The summed E-state index contributed by atoms with van der Waals surface area (Å²) in [5.74, 6) is 1.82. The molecule has 5 heteroatoms. The van der Waals surface area contributed by atoms with Crippen LogP contribution in [0.1, 0.15) is 37.0 Å². The van der Waals surface area contributed by atoms with Crippen LogP contribution < -0.4 is 5.32 Å². The summed E-state index contributed by atoms with van der Waals surface area (Å²) < 4.78 is 0. The SMILES string of the molecule is CN(C)CCCN(Cc1cccs1)C(=S)N[C@@H]1C[C@H]2CC[C@@H]1C2. The molecule has 128 valence electrons. The lowest BCUT2D eigenvalue weighted by molar-refractivity contribution is 0.328. The first-order valence-corrected chi connectivity index (χ1v) is 10.1. The number of hydrogen-bond acceptors (Lipinski definition) is 3. The van der Waals surface area contributed by atoms with Crippen LogP contribution in [0.2, 0.25) is 0 Å². The molecule has 0 saturated heterocycles. The molecule has 0 amide bonds. The Balaban J connectivity index is 1.55. The molecular weight excluding hydrogens is 322 g/mol. The highest BCUT2D eigenvalue weighted by molar-refractivity contribution is 7.80. The molecule has 1 heterocycles. The van der Waals surface area contributed by atoms with Gasteiger partial charge in [0.05, 0.1) is 6.54 Å². The second-order valence-electron chi connectivity index (χ2n) is 7.39. The van der Waals surface area contributed by atoms with E-state index < -0.39 is 0 Å². The summed E-state index contributed by atoms with van der Waals surface area (Å²) in [6.07, 6.45) is 6.74. The lowest BCUT2D eigenvalue weighted by atomic mass is 9.95. The normalized spacial score (nSPS) is 26.0. The van der Waals surface area contributed by atoms with Crippen molar-refractivity contribution >= 4 is 28.7 Å². The molecule has 2 aliphatic rings. The van der Waals surface area contributed by atoms with Gasteiger partial charge in [0.15, 0.2) is 5.11 Å². The van der Waals surface area contributed by atoms with Gasteiger partial charge in [-0.05, 0) is 81.8 Å². The van der Waals surface area contributed by atoms with E-state index in [-0.39, 0.29) is 0 Å². The number of fused-ring (bicyclic) bond motifs is 2. The molecule has 2 saturated carbocycles. The van der Waals surface area contributed by atoms with Gasteiger partial charge in [-0.2, -0.15) is 0 Å². The summed E-state index contributed by atoms with van der Waals surface area (Å²) in [4.78, 5) is 6.01. The van der Waals surface area contributed by atoms with Crippen molar-refractivity contribution in [2.24, 2.45) is 11.8 Å². The molecule has 0 radical (unpaired) electrons. The van der Waals surface area contributed by atoms with E-state index in [1.54, 1.807) is 0 Å². The Hall–Kier alpha value is -0.650. The van der Waals surface area contributed by atoms with Gasteiger partial charge >= 0.3 is 0 Å². The number of nitrogens with one attached hydrogen (secondary N) is 1. The monoisotopic (exact) mass is 351 g/mol. The van der Waals surface area contributed by atoms with Crippen molar-refractivity contribution in [3.63, 3.8) is 0 Å². The molecule has 3 atom stereocenters. The fraction of sp³-hybridized carbons (Fsp3) is 0.722. The van der Waals surface area contributed by atoms with E-state index in [4.69, 9.17) is 12.2 Å². The van der Waals surface area contributed by atoms with E-state index in [0.29, 0.717) is 6.04 Å². The van der Waals surface area contributed by atoms with Crippen molar-refractivity contribution in [1.29, 1.82) is 0 Å². The van der Waals surface area contributed by atoms with Gasteiger partial charge in [0.25, 0.3) is 0 Å². The summed E-state index contributed by atoms with van der Waals surface area (Å²) in [6.45, 7) is 3.08. The summed E-state index contributed by atoms with van der Waals surface area (Å²) >= 11 is 7.61. The summed E-state index contributed by atoms with van der Waals surface area (Å²) in [5, 5.41) is 6.83. The lowest BCUT2D eigenvalue weighted by Gasteiger charge is -2.31. The van der Waals surface area contributed by atoms with E-state index in [0.717, 1.165) is 43.0 Å². The first kappa shape index (κ1) is 17.2. The molecule has 2 fully saturated rings. The molecule has 2 aliphatic carbocycles. The molecule has 23 heavy (non-hydrogen) atoms. The second kappa shape index (κ2) is 7.95. The van der Waals surface area contributed by atoms with Crippen LogP contribution in [-0.4, -0.2) is 48.1 Å². The highest BCUT2D eigenvalue weighted by Gasteiger charge is 2.40. The Bertz CT molecular complexity index is 500. The topological polar surface area (TPSA) is 18.5 Å². The highest BCUT2D eigenvalue weighted by Crippen LogP contribution is 2.44. The minimum atomic E-state index is 0.626. The fourth-order valence-corrected chi connectivity index (χ4v) is 5.12. The number of hydrogen-bond donors (Lipinski definition) is 1. The van der Waals surface area contributed by atoms with E-state index >= 15 is 0 Å². The minimum absolute atomic E-state index is 0.626. The highest BCUT2D eigenvalue weighted by atomic mass is 32.1. The van der Waals surface area contributed by atoms with Crippen molar-refractivity contribution in [3.05, 3.63) is 22.4 Å². The maximum Gasteiger partial charge on any atom is 0.169 e. The zero-order valence-electron chi connectivity index (χ0n) is 14.3. The van der Waals surface area contributed by atoms with E-state index in [9.17, 15) is 0 Å². The van der Waals surface area contributed by atoms with Crippen LogP contribution in [0.3, 0.4) is 0 Å². The van der Waals surface area contributed by atoms with Crippen LogP contribution in [0.15, 0.2) is 17.5 Å². The number of thiophene rings is 1. The lowest BCUT2D eigenvalue weighted by Crippen LogP contribution is -2.46. The van der Waals surface area contributed by atoms with Crippen molar-refractivity contribution in [1.82, 2.24) is 15.1 Å². The van der Waals surface area contributed by atoms with Crippen molar-refractivity contribution in [2.45, 2.75) is 44.7 Å². The molecule has 0 spiro atoms. The molecule has 2 bridgehead atoms. The van der Waals surface area contributed by atoms with Crippen LogP contribution in [0.4, 0.5) is 0 Å². The molecule has 1 aromatic heterocycles. The molecule has 3 nitrogen and oxygen atoms in total. The van der Waals surface area contributed by atoms with Gasteiger partial charge in [-0.1, -0.05) is 12.5 Å². The second-order valence-corrected chi connectivity index (χ2v) is 8.81. The zero-order valence-corrected chi connectivity index (χ0v) is 16.0. The van der Waals surface area contributed by atoms with E-state index in [2.05, 4.69) is 46.7 Å². The molecular formula is C18H29N3S2. The smallest absolute Gasteiger partial charge is 0.169 e. The van der Waals surface area contributed by atoms with Crippen LogP contribution >= 0.6 is 23.6 Å². The van der Waals surface area contributed by atoms with Crippen LogP contribution in [0, 0.1) is 11.8 Å². The van der Waals surface area contributed by atoms with Gasteiger partial charge in [-0.3, -0.25) is 0 Å². The Labute approximate surface area is 150 Å². The summed E-state index contributed by atoms with van der Waals surface area (Å²) in [6, 6.07) is 4.97. The summed E-state index contributed by atoms with van der Waals surface area (Å²) in [5.41, 5.74) is 0. The number of rotatable bonds is 7. The first-order chi connectivity index (χ1) is 11.1. The third kappa shape index (κ3) is 4.68. The Kier molecular flexibility index (Phi) is 5.94. The number of thiocarbonyl (C=S) groups is 1. The predicted molar refractivity (Wildman–Crippen MR) is 103 cm³/mol. The Morgan fingerprint density at radius 2 is 2.17 bits per heavy atom. The van der Waals surface area contributed by atoms with Crippen molar-refractivity contribution < 1.29 is 0 Å². The first-order valence-electron chi connectivity index (χ1n) is 8.84. The van der Waals surface area contributed by atoms with Crippen molar-refractivity contribution in [3.8, 4) is 0 Å². The molecule has 3 rings (SSSR count). The average molecular weight is 352 g/mol. The molecule has 0 aromatic carbocycles. The third-order valence-corrected chi connectivity index (χ3v) is 6.53. The number of nitrogens with zero attached hydrogens (tertiary/aromatic N) is 2. The minimum Gasteiger partial charge on any atom is -0.360 e. The maximum absolute atomic E-state index is 5.79. The Morgan fingerprint density at radius 1 is 1.30 bits per heavy atom. The van der Waals surface area contributed by atoms with Gasteiger partial charge in [0.2, 0.25) is 0 Å². The predicted octanol–water partition coefficient (Wildman–Crippen LogP) is 3.56. The maximum atomic E-state index is 5.79. The molecule has 0 unspecified atom stereocenters. The van der Waals surface area contributed by atoms with E-state index in [1.807, 2.05) is 11.3 Å². The largest absolute Gasteiger partial charge is 0.360 e. The fourth-order valence-electron chi connectivity index (χ4n) is 4.09. The molecule has 0 aliphatic heterocycles. The third-order valence-electron chi connectivity index (χ3n) is 5.29. The van der Waals surface area contributed by atoms with Gasteiger partial charge in [-0.15, -0.1) is 11.3 Å². The van der Waals surface area contributed by atoms with Gasteiger partial charge in [-0.25, -0.2) is 0 Å². The van der Waals surface area contributed by atoms with Crippen LogP contribution in [0.5, 0.6) is 0 Å². The van der Waals surface area contributed by atoms with Crippen LogP contribution in [0.25, 0.3) is 0 Å². The molecule has 1 aromatic rings. The quantitative estimate of drug-likeness (QED) is 0.757. The van der Waals surface area contributed by atoms with Gasteiger partial charge in [0, 0.05) is 17.5 Å². The zero-order chi connectivity index (χ0) is 16.2. The van der Waals surface area contributed by atoms with Crippen molar-refractivity contribution in [2.75, 3.05) is 27.2 Å². The summed E-state index contributed by atoms with van der Waals surface area (Å²) in [7, 11) is 4.27. The molecule has 1 N–H and O–H groups in total. The standard InChI is InChI=1S/C18H29N3S2/c1-20(2)8-4-9-21(13-16-5-3-10-23-16)18(22)19-17-12-14-6-7-15(17)11-14/h3,5,10,14-15,17H,4,6-9,11-13H2,1-2H3,(H,19,22)/t14-,15+,17+/m0/s1. The Morgan fingerprint density at radius 3 is 2.78 bits per heavy atom. The van der Waals surface area contributed by atoms with Crippen LogP contribution in [-0.2, 0) is 6.54 Å². The van der Waals surface area contributed by atoms with Gasteiger partial charge in [0.1, 0.15) is 0 Å².